The number of nitrogens with one attached hydrogen (secondary N) is 2. The van der Waals surface area contributed by atoms with Crippen LogP contribution in [-0.2, 0) is 9.53 Å². The van der Waals surface area contributed by atoms with Gasteiger partial charge in [-0.2, -0.15) is 0 Å². The highest BCUT2D eigenvalue weighted by Crippen LogP contribution is 2.27. The molecule has 0 saturated heterocycles. The van der Waals surface area contributed by atoms with Crippen LogP contribution in [0.15, 0.2) is 48.5 Å². The van der Waals surface area contributed by atoms with Gasteiger partial charge in [0.05, 0.1) is 23.5 Å². The molecule has 0 aromatic heterocycles. The van der Waals surface area contributed by atoms with Crippen LogP contribution in [0, 0.1) is 0 Å². The van der Waals surface area contributed by atoms with Gasteiger partial charge in [-0.25, -0.2) is 4.79 Å². The zero-order chi connectivity index (χ0) is 16.7. The molecular formula is C18H20N2O3. The van der Waals surface area contributed by atoms with E-state index in [0.717, 1.165) is 11.3 Å². The molecule has 0 aliphatic rings. The summed E-state index contributed by atoms with van der Waals surface area (Å²) in [5.74, 6) is -0.413. The van der Waals surface area contributed by atoms with Crippen molar-refractivity contribution in [2.24, 2.45) is 0 Å². The molecule has 2 N–H and O–H groups in total. The van der Waals surface area contributed by atoms with Crippen molar-refractivity contribution in [2.75, 3.05) is 17.2 Å². The van der Waals surface area contributed by atoms with Crippen molar-refractivity contribution < 1.29 is 14.3 Å². The lowest BCUT2D eigenvalue weighted by Gasteiger charge is -2.18. The Bertz CT molecular complexity index is 671. The van der Waals surface area contributed by atoms with Crippen molar-refractivity contribution in [1.29, 1.82) is 0 Å². The fourth-order valence-electron chi connectivity index (χ4n) is 2.25. The average molecular weight is 312 g/mol. The lowest BCUT2D eigenvalue weighted by atomic mass is 10.1. The van der Waals surface area contributed by atoms with E-state index in [1.165, 1.54) is 0 Å². The van der Waals surface area contributed by atoms with Gasteiger partial charge in [-0.15, -0.1) is 0 Å². The quantitative estimate of drug-likeness (QED) is 0.605. The van der Waals surface area contributed by atoms with Crippen LogP contribution in [0.3, 0.4) is 0 Å². The SMILES string of the molecule is CCOC(=O)c1ccc(NC(C)c2ccccc2)c(NC=O)c1. The first kappa shape index (κ1) is 16.5. The second-order valence-corrected chi connectivity index (χ2v) is 5.02. The van der Waals surface area contributed by atoms with E-state index in [1.807, 2.05) is 37.3 Å². The van der Waals surface area contributed by atoms with Crippen LogP contribution in [0.25, 0.3) is 0 Å². The van der Waals surface area contributed by atoms with E-state index >= 15 is 0 Å². The van der Waals surface area contributed by atoms with Crippen LogP contribution in [0.2, 0.25) is 0 Å². The third kappa shape index (κ3) is 4.32. The van der Waals surface area contributed by atoms with Crippen molar-refractivity contribution in [2.45, 2.75) is 19.9 Å². The molecule has 2 aromatic rings. The number of hydrogen-bond donors (Lipinski definition) is 2. The Balaban J connectivity index is 2.23. The van der Waals surface area contributed by atoms with E-state index in [0.29, 0.717) is 24.3 Å². The van der Waals surface area contributed by atoms with E-state index < -0.39 is 5.97 Å². The number of esters is 1. The van der Waals surface area contributed by atoms with Gasteiger partial charge in [0, 0.05) is 6.04 Å². The van der Waals surface area contributed by atoms with Crippen LogP contribution in [-0.4, -0.2) is 19.0 Å². The summed E-state index contributed by atoms with van der Waals surface area (Å²) in [7, 11) is 0. The summed E-state index contributed by atoms with van der Waals surface area (Å²) in [6.45, 7) is 4.08. The predicted molar refractivity (Wildman–Crippen MR) is 90.6 cm³/mol. The van der Waals surface area contributed by atoms with Crippen molar-refractivity contribution in [3.8, 4) is 0 Å². The second kappa shape index (κ2) is 7.98. The number of amides is 1. The molecule has 23 heavy (non-hydrogen) atoms. The van der Waals surface area contributed by atoms with Gasteiger partial charge in [0.1, 0.15) is 0 Å². The second-order valence-electron chi connectivity index (χ2n) is 5.02. The third-order valence-corrected chi connectivity index (χ3v) is 3.42. The zero-order valence-electron chi connectivity index (χ0n) is 13.2. The fraction of sp³-hybridized carbons (Fsp3) is 0.222. The Morgan fingerprint density at radius 3 is 2.57 bits per heavy atom. The van der Waals surface area contributed by atoms with Gasteiger partial charge in [-0.1, -0.05) is 30.3 Å². The largest absolute Gasteiger partial charge is 0.462 e. The molecule has 1 unspecified atom stereocenters. The summed E-state index contributed by atoms with van der Waals surface area (Å²) in [6, 6.07) is 15.1. The zero-order valence-corrected chi connectivity index (χ0v) is 13.2. The monoisotopic (exact) mass is 312 g/mol. The van der Waals surface area contributed by atoms with Crippen molar-refractivity contribution in [3.05, 3.63) is 59.7 Å². The summed E-state index contributed by atoms with van der Waals surface area (Å²) in [4.78, 5) is 22.6. The van der Waals surface area contributed by atoms with E-state index in [-0.39, 0.29) is 6.04 Å². The molecule has 0 heterocycles. The number of benzene rings is 2. The predicted octanol–water partition coefficient (Wildman–Crippen LogP) is 3.60. The van der Waals surface area contributed by atoms with E-state index in [4.69, 9.17) is 4.74 Å². The van der Waals surface area contributed by atoms with Crippen LogP contribution >= 0.6 is 0 Å². The van der Waals surface area contributed by atoms with E-state index in [1.54, 1.807) is 25.1 Å². The van der Waals surface area contributed by atoms with Gasteiger partial charge in [-0.05, 0) is 37.6 Å². The van der Waals surface area contributed by atoms with Gasteiger partial charge >= 0.3 is 5.97 Å². The maximum atomic E-state index is 11.8. The lowest BCUT2D eigenvalue weighted by Crippen LogP contribution is -2.11. The topological polar surface area (TPSA) is 67.4 Å². The fourth-order valence-corrected chi connectivity index (χ4v) is 2.25. The van der Waals surface area contributed by atoms with Gasteiger partial charge in [-0.3, -0.25) is 4.79 Å². The van der Waals surface area contributed by atoms with Crippen molar-refractivity contribution in [1.82, 2.24) is 0 Å². The summed E-state index contributed by atoms with van der Waals surface area (Å²) in [5.41, 5.74) is 2.79. The molecule has 1 atom stereocenters. The Kier molecular flexibility index (Phi) is 5.74. The molecular weight excluding hydrogens is 292 g/mol. The third-order valence-electron chi connectivity index (χ3n) is 3.42. The molecule has 0 aliphatic carbocycles. The minimum Gasteiger partial charge on any atom is -0.462 e. The summed E-state index contributed by atoms with van der Waals surface area (Å²) in [6.07, 6.45) is 0.586. The van der Waals surface area contributed by atoms with Gasteiger partial charge < -0.3 is 15.4 Å². The number of carbonyl (C=O) groups is 2. The van der Waals surface area contributed by atoms with Gasteiger partial charge in [0.2, 0.25) is 6.41 Å². The highest BCUT2D eigenvalue weighted by molar-refractivity contribution is 5.93. The van der Waals surface area contributed by atoms with Crippen molar-refractivity contribution >= 4 is 23.8 Å². The summed E-state index contributed by atoms with van der Waals surface area (Å²) < 4.78 is 4.98. The van der Waals surface area contributed by atoms with Crippen LogP contribution in [0.5, 0.6) is 0 Å². The van der Waals surface area contributed by atoms with Crippen LogP contribution < -0.4 is 10.6 Å². The highest BCUT2D eigenvalue weighted by atomic mass is 16.5. The first-order valence-corrected chi connectivity index (χ1v) is 7.48. The van der Waals surface area contributed by atoms with E-state index in [2.05, 4.69) is 10.6 Å². The lowest BCUT2D eigenvalue weighted by molar-refractivity contribution is -0.105. The number of ether oxygens (including phenoxy) is 1. The standard InChI is InChI=1S/C18H20N2O3/c1-3-23-18(22)15-9-10-16(17(11-15)19-12-21)20-13(2)14-7-5-4-6-8-14/h4-13,20H,3H2,1-2H3,(H,19,21). The average Bonchev–Trinajstić information content (AvgIpc) is 2.57. The van der Waals surface area contributed by atoms with Gasteiger partial charge in [0.25, 0.3) is 0 Å². The summed E-state index contributed by atoms with van der Waals surface area (Å²) >= 11 is 0. The number of carbonyl (C=O) groups excluding carboxylic acids is 2. The number of anilines is 2. The minimum atomic E-state index is -0.413. The molecule has 0 spiro atoms. The molecule has 2 rings (SSSR count). The summed E-state index contributed by atoms with van der Waals surface area (Å²) in [5, 5.41) is 5.96. The Labute approximate surface area is 135 Å². The molecule has 1 amide bonds. The molecule has 0 fully saturated rings. The van der Waals surface area contributed by atoms with Crippen LogP contribution in [0.4, 0.5) is 11.4 Å². The molecule has 0 saturated carbocycles. The van der Waals surface area contributed by atoms with Crippen LogP contribution in [0.1, 0.15) is 35.8 Å². The smallest absolute Gasteiger partial charge is 0.338 e. The molecule has 0 bridgehead atoms. The molecule has 5 heteroatoms. The molecule has 120 valence electrons. The number of rotatable bonds is 7. The Hall–Kier alpha value is -2.82. The normalized spacial score (nSPS) is 11.4. The Morgan fingerprint density at radius 1 is 1.17 bits per heavy atom. The maximum Gasteiger partial charge on any atom is 0.338 e. The van der Waals surface area contributed by atoms with Gasteiger partial charge in [0.15, 0.2) is 0 Å². The molecule has 2 aromatic carbocycles. The molecule has 5 nitrogen and oxygen atoms in total. The maximum absolute atomic E-state index is 11.8. The first-order chi connectivity index (χ1) is 11.2. The molecule has 0 radical (unpaired) electrons. The van der Waals surface area contributed by atoms with Crippen molar-refractivity contribution in [3.63, 3.8) is 0 Å². The highest BCUT2D eigenvalue weighted by Gasteiger charge is 2.12. The molecule has 0 aliphatic heterocycles. The number of hydrogen-bond acceptors (Lipinski definition) is 4. The first-order valence-electron chi connectivity index (χ1n) is 7.48. The van der Waals surface area contributed by atoms with E-state index in [9.17, 15) is 9.59 Å². The minimum absolute atomic E-state index is 0.0526. The Morgan fingerprint density at radius 2 is 1.91 bits per heavy atom.